The van der Waals surface area contributed by atoms with Crippen LogP contribution in [0.25, 0.3) is 27.5 Å². The first-order valence-corrected chi connectivity index (χ1v) is 14.0. The smallest absolute Gasteiger partial charge is 0.240 e. The fraction of sp³-hybridized carbons (Fsp3) is 0.393. The van der Waals surface area contributed by atoms with E-state index in [4.69, 9.17) is 15.7 Å². The Morgan fingerprint density at radius 1 is 1.18 bits per heavy atom. The summed E-state index contributed by atoms with van der Waals surface area (Å²) in [7, 11) is 0. The van der Waals surface area contributed by atoms with Crippen LogP contribution in [0.1, 0.15) is 50.4 Å². The Hall–Kier alpha value is -3.63. The van der Waals surface area contributed by atoms with E-state index in [1.807, 2.05) is 40.7 Å². The molecule has 2 atom stereocenters. The number of rotatable bonds is 11. The molecule has 0 aromatic carbocycles. The Kier molecular flexibility index (Phi) is 7.53. The Balaban J connectivity index is 1.52. The number of carbonyl (C=O) groups excluding carboxylic acids is 2. The third-order valence-corrected chi connectivity index (χ3v) is 8.31. The molecule has 10 heteroatoms. The number of primary amides is 1. The topological polar surface area (TPSA) is 110 Å². The second kappa shape index (κ2) is 11.0. The van der Waals surface area contributed by atoms with Gasteiger partial charge in [0.05, 0.1) is 28.0 Å². The number of thiophene rings is 1. The number of hydrogen-bond acceptors (Lipinski definition) is 8. The third kappa shape index (κ3) is 5.06. The van der Waals surface area contributed by atoms with Crippen LogP contribution in [-0.2, 0) is 4.79 Å². The number of amides is 1. The van der Waals surface area contributed by atoms with Crippen LogP contribution in [-0.4, -0.2) is 67.9 Å². The van der Waals surface area contributed by atoms with Crippen LogP contribution in [0.5, 0.6) is 0 Å². The Labute approximate surface area is 226 Å². The standard InChI is InChI=1S/C28H33N7O2S/c1-4-33(5-2)18(3)8-9-24(36)19-15-22(31-26(16-19)34-12-11-23(34)27(29)37)20-17-30-35-13-10-21(32-28(20)35)25-7-6-14-38-25/h6-7,10,13-18,23H,4-5,8-9,11-12H2,1-3H3,(H2,29,37)/t18-,23-/m0/s1. The first-order valence-electron chi connectivity index (χ1n) is 13.1. The molecule has 1 aliphatic heterocycles. The monoisotopic (exact) mass is 531 g/mol. The molecule has 9 nitrogen and oxygen atoms in total. The maximum Gasteiger partial charge on any atom is 0.240 e. The summed E-state index contributed by atoms with van der Waals surface area (Å²) in [6.45, 7) is 9.00. The van der Waals surface area contributed by atoms with E-state index in [0.29, 0.717) is 48.2 Å². The summed E-state index contributed by atoms with van der Waals surface area (Å²) in [5.41, 5.74) is 9.03. The van der Waals surface area contributed by atoms with Gasteiger partial charge < -0.3 is 15.5 Å². The van der Waals surface area contributed by atoms with Crippen molar-refractivity contribution < 1.29 is 9.59 Å². The van der Waals surface area contributed by atoms with E-state index in [-0.39, 0.29) is 11.7 Å². The van der Waals surface area contributed by atoms with Gasteiger partial charge in [-0.25, -0.2) is 14.5 Å². The van der Waals surface area contributed by atoms with Gasteiger partial charge in [-0.2, -0.15) is 5.10 Å². The largest absolute Gasteiger partial charge is 0.368 e. The number of ketones is 1. The van der Waals surface area contributed by atoms with Crippen LogP contribution in [0.2, 0.25) is 0 Å². The number of carbonyl (C=O) groups is 2. The van der Waals surface area contributed by atoms with Crippen molar-refractivity contribution in [3.63, 3.8) is 0 Å². The zero-order chi connectivity index (χ0) is 26.8. The Bertz CT molecular complexity index is 1440. The van der Waals surface area contributed by atoms with Crippen LogP contribution in [0.15, 0.2) is 48.1 Å². The van der Waals surface area contributed by atoms with Gasteiger partial charge in [-0.15, -0.1) is 11.3 Å². The highest BCUT2D eigenvalue weighted by Crippen LogP contribution is 2.32. The lowest BCUT2D eigenvalue weighted by molar-refractivity contribution is -0.120. The summed E-state index contributed by atoms with van der Waals surface area (Å²) in [6, 6.07) is 9.46. The molecule has 4 aromatic rings. The fourth-order valence-electron chi connectivity index (χ4n) is 5.04. The fourth-order valence-corrected chi connectivity index (χ4v) is 5.74. The Morgan fingerprint density at radius 3 is 2.66 bits per heavy atom. The summed E-state index contributed by atoms with van der Waals surface area (Å²) in [5, 5.41) is 6.50. The van der Waals surface area contributed by atoms with Gasteiger partial charge in [0.2, 0.25) is 5.91 Å². The van der Waals surface area contributed by atoms with Crippen LogP contribution in [0.4, 0.5) is 5.82 Å². The van der Waals surface area contributed by atoms with Crippen LogP contribution < -0.4 is 10.6 Å². The van der Waals surface area contributed by atoms with Gasteiger partial charge in [-0.3, -0.25) is 9.59 Å². The van der Waals surface area contributed by atoms with Crippen molar-refractivity contribution in [2.45, 2.75) is 52.1 Å². The van der Waals surface area contributed by atoms with Crippen molar-refractivity contribution in [3.8, 4) is 21.8 Å². The summed E-state index contributed by atoms with van der Waals surface area (Å²) in [5.74, 6) is 0.239. The second-order valence-corrected chi connectivity index (χ2v) is 10.6. The minimum absolute atomic E-state index is 0.0498. The molecule has 2 N–H and O–H groups in total. The maximum atomic E-state index is 13.4. The van der Waals surface area contributed by atoms with Gasteiger partial charge in [0.25, 0.3) is 0 Å². The summed E-state index contributed by atoms with van der Waals surface area (Å²) >= 11 is 1.62. The van der Waals surface area contributed by atoms with Gasteiger partial charge in [0, 0.05) is 30.8 Å². The summed E-state index contributed by atoms with van der Waals surface area (Å²) in [6.07, 6.45) is 5.47. The normalized spacial score (nSPS) is 16.1. The zero-order valence-electron chi connectivity index (χ0n) is 22.0. The number of aromatic nitrogens is 4. The number of anilines is 1. The summed E-state index contributed by atoms with van der Waals surface area (Å²) < 4.78 is 1.71. The average molecular weight is 532 g/mol. The van der Waals surface area contributed by atoms with E-state index in [0.717, 1.165) is 35.6 Å². The molecular formula is C28H33N7O2S. The lowest BCUT2D eigenvalue weighted by Gasteiger charge is -2.40. The molecule has 0 saturated carbocycles. The maximum absolute atomic E-state index is 13.4. The molecule has 38 heavy (non-hydrogen) atoms. The van der Waals surface area contributed by atoms with Crippen molar-refractivity contribution in [1.29, 1.82) is 0 Å². The average Bonchev–Trinajstić information content (AvgIpc) is 3.57. The minimum Gasteiger partial charge on any atom is -0.368 e. The molecule has 0 spiro atoms. The van der Waals surface area contributed by atoms with E-state index >= 15 is 0 Å². The second-order valence-electron chi connectivity index (χ2n) is 9.65. The lowest BCUT2D eigenvalue weighted by atomic mass is 9.99. The van der Waals surface area contributed by atoms with Crippen molar-refractivity contribution in [2.75, 3.05) is 24.5 Å². The zero-order valence-corrected chi connectivity index (χ0v) is 22.8. The van der Waals surface area contributed by atoms with Gasteiger partial charge in [-0.1, -0.05) is 19.9 Å². The van der Waals surface area contributed by atoms with Gasteiger partial charge in [-0.05, 0) is 62.5 Å². The predicted octanol–water partition coefficient (Wildman–Crippen LogP) is 4.28. The highest BCUT2D eigenvalue weighted by molar-refractivity contribution is 7.13. The predicted molar refractivity (Wildman–Crippen MR) is 150 cm³/mol. The molecule has 1 amide bonds. The van der Waals surface area contributed by atoms with E-state index in [1.54, 1.807) is 28.1 Å². The van der Waals surface area contributed by atoms with Crippen molar-refractivity contribution in [2.24, 2.45) is 5.73 Å². The minimum atomic E-state index is -0.421. The molecule has 5 rings (SSSR count). The van der Waals surface area contributed by atoms with Gasteiger partial charge in [0.15, 0.2) is 11.4 Å². The van der Waals surface area contributed by atoms with Crippen molar-refractivity contribution in [3.05, 3.63) is 53.7 Å². The van der Waals surface area contributed by atoms with Gasteiger partial charge >= 0.3 is 0 Å². The molecular weight excluding hydrogens is 498 g/mol. The first-order chi connectivity index (χ1) is 18.4. The number of pyridine rings is 1. The lowest BCUT2D eigenvalue weighted by Crippen LogP contribution is -2.55. The number of hydrogen-bond donors (Lipinski definition) is 1. The molecule has 1 fully saturated rings. The SMILES string of the molecule is CCN(CC)[C@@H](C)CCC(=O)c1cc(-c2cnn3ccc(-c4cccs4)nc23)nc(N2CC[C@H]2C(N)=O)c1. The number of nitrogens with zero attached hydrogens (tertiary/aromatic N) is 6. The number of Topliss-reactive ketones (excluding diaryl/α,β-unsaturated/α-hetero) is 1. The Morgan fingerprint density at radius 2 is 2.00 bits per heavy atom. The highest BCUT2D eigenvalue weighted by Gasteiger charge is 2.34. The van der Waals surface area contributed by atoms with Crippen LogP contribution in [0, 0.1) is 0 Å². The molecule has 1 saturated heterocycles. The van der Waals surface area contributed by atoms with Crippen molar-refractivity contribution in [1.82, 2.24) is 24.5 Å². The van der Waals surface area contributed by atoms with E-state index in [1.165, 1.54) is 0 Å². The van der Waals surface area contributed by atoms with Crippen LogP contribution >= 0.6 is 11.3 Å². The highest BCUT2D eigenvalue weighted by atomic mass is 32.1. The quantitative estimate of drug-likeness (QED) is 0.288. The molecule has 5 heterocycles. The van der Waals surface area contributed by atoms with E-state index < -0.39 is 6.04 Å². The molecule has 1 aliphatic rings. The molecule has 0 aliphatic carbocycles. The molecule has 0 bridgehead atoms. The third-order valence-electron chi connectivity index (χ3n) is 7.42. The van der Waals surface area contributed by atoms with E-state index in [2.05, 4.69) is 30.8 Å². The number of fused-ring (bicyclic) bond motifs is 1. The summed E-state index contributed by atoms with van der Waals surface area (Å²) in [4.78, 5) is 40.5. The molecule has 0 radical (unpaired) electrons. The molecule has 0 unspecified atom stereocenters. The van der Waals surface area contributed by atoms with Crippen LogP contribution in [0.3, 0.4) is 0 Å². The molecule has 198 valence electrons. The first kappa shape index (κ1) is 26.0. The van der Waals surface area contributed by atoms with Crippen molar-refractivity contribution >= 4 is 34.5 Å². The number of nitrogens with two attached hydrogens (primary N) is 1. The van der Waals surface area contributed by atoms with E-state index in [9.17, 15) is 9.59 Å². The molecule has 4 aromatic heterocycles. The van der Waals surface area contributed by atoms with Gasteiger partial charge in [0.1, 0.15) is 11.9 Å².